The number of halogens is 1. The fraction of sp³-hybridized carbons (Fsp3) is 0.381. The summed E-state index contributed by atoms with van der Waals surface area (Å²) in [5.74, 6) is 0.917. The predicted molar refractivity (Wildman–Crippen MR) is 106 cm³/mol. The summed E-state index contributed by atoms with van der Waals surface area (Å²) in [4.78, 5) is 17.0. The van der Waals surface area contributed by atoms with Crippen molar-refractivity contribution in [3.63, 3.8) is 0 Å². The van der Waals surface area contributed by atoms with Crippen molar-refractivity contribution < 1.29 is 9.53 Å². The van der Waals surface area contributed by atoms with Gasteiger partial charge >= 0.3 is 0 Å². The van der Waals surface area contributed by atoms with Crippen molar-refractivity contribution >= 4 is 23.2 Å². The van der Waals surface area contributed by atoms with Gasteiger partial charge < -0.3 is 9.64 Å². The normalized spacial score (nSPS) is 17.3. The first-order valence-corrected chi connectivity index (χ1v) is 9.34. The van der Waals surface area contributed by atoms with Gasteiger partial charge in [-0.2, -0.15) is 0 Å². The van der Waals surface area contributed by atoms with Crippen molar-refractivity contribution in [1.29, 1.82) is 0 Å². The van der Waals surface area contributed by atoms with Gasteiger partial charge in [-0.25, -0.2) is 0 Å². The number of rotatable bonds is 6. The zero-order valence-corrected chi connectivity index (χ0v) is 16.2. The van der Waals surface area contributed by atoms with E-state index in [1.807, 2.05) is 54.1 Å². The number of ether oxygens (including phenoxy) is 1. The number of nitrogens with zero attached hydrogens (tertiary/aromatic N) is 2. The molecule has 0 bridgehead atoms. The summed E-state index contributed by atoms with van der Waals surface area (Å²) in [5.41, 5.74) is 2.29. The number of anilines is 1. The van der Waals surface area contributed by atoms with Gasteiger partial charge in [0.15, 0.2) is 0 Å². The first-order chi connectivity index (χ1) is 12.5. The number of carbonyl (C=O) groups excluding carboxylic acids is 1. The van der Waals surface area contributed by atoms with E-state index in [-0.39, 0.29) is 18.0 Å². The Kier molecular flexibility index (Phi) is 5.84. The largest absolute Gasteiger partial charge is 0.492 e. The highest BCUT2D eigenvalue weighted by molar-refractivity contribution is 6.30. The van der Waals surface area contributed by atoms with Crippen molar-refractivity contribution in [3.05, 3.63) is 59.1 Å². The molecule has 0 unspecified atom stereocenters. The van der Waals surface area contributed by atoms with Crippen LogP contribution in [0.25, 0.3) is 0 Å². The van der Waals surface area contributed by atoms with Crippen LogP contribution in [0.1, 0.15) is 19.4 Å². The van der Waals surface area contributed by atoms with Gasteiger partial charge in [0.2, 0.25) is 5.91 Å². The molecule has 0 saturated heterocycles. The smallest absolute Gasteiger partial charge is 0.244 e. The van der Waals surface area contributed by atoms with E-state index in [2.05, 4.69) is 13.0 Å². The quantitative estimate of drug-likeness (QED) is 0.767. The lowest BCUT2D eigenvalue weighted by atomic mass is 10.1. The Balaban J connectivity index is 1.57. The number of fused-ring (bicyclic) bond motifs is 1. The van der Waals surface area contributed by atoms with Crippen LogP contribution in [0.2, 0.25) is 5.02 Å². The predicted octanol–water partition coefficient (Wildman–Crippen LogP) is 4.02. The summed E-state index contributed by atoms with van der Waals surface area (Å²) >= 11 is 5.88. The molecule has 0 aromatic heterocycles. The molecule has 1 aliphatic heterocycles. The molecule has 3 rings (SSSR count). The van der Waals surface area contributed by atoms with Crippen LogP contribution >= 0.6 is 11.6 Å². The number of benzene rings is 2. The molecular weight excluding hydrogens is 348 g/mol. The first-order valence-electron chi connectivity index (χ1n) is 8.97. The number of likely N-dealkylation sites (N-methyl/N-ethyl adjacent to an activating group) is 1. The van der Waals surface area contributed by atoms with E-state index in [9.17, 15) is 4.79 Å². The second-order valence-corrected chi connectivity index (χ2v) is 7.29. The summed E-state index contributed by atoms with van der Waals surface area (Å²) in [5, 5.41) is 0.689. The summed E-state index contributed by atoms with van der Waals surface area (Å²) in [6.07, 6.45) is 0.915. The lowest BCUT2D eigenvalue weighted by Crippen LogP contribution is -2.48. The molecule has 0 spiro atoms. The summed E-state index contributed by atoms with van der Waals surface area (Å²) in [7, 11) is 1.96. The van der Waals surface area contributed by atoms with Crippen LogP contribution in [0.4, 0.5) is 5.69 Å². The Bertz CT molecular complexity index is 763. The lowest BCUT2D eigenvalue weighted by Gasteiger charge is -2.30. The first kappa shape index (κ1) is 18.7. The molecule has 138 valence electrons. The van der Waals surface area contributed by atoms with Gasteiger partial charge in [0.1, 0.15) is 12.4 Å². The second kappa shape index (κ2) is 8.11. The van der Waals surface area contributed by atoms with E-state index in [1.165, 1.54) is 5.56 Å². The highest BCUT2D eigenvalue weighted by atomic mass is 35.5. The van der Waals surface area contributed by atoms with Crippen molar-refractivity contribution in [2.24, 2.45) is 0 Å². The van der Waals surface area contributed by atoms with Gasteiger partial charge in [-0.1, -0.05) is 29.8 Å². The van der Waals surface area contributed by atoms with Gasteiger partial charge in [0.25, 0.3) is 0 Å². The van der Waals surface area contributed by atoms with Gasteiger partial charge in [-0.3, -0.25) is 9.69 Å². The molecule has 26 heavy (non-hydrogen) atoms. The molecular formula is C21H25ClN2O2. The van der Waals surface area contributed by atoms with Crippen molar-refractivity contribution in [2.45, 2.75) is 32.4 Å². The molecule has 2 atom stereocenters. The number of para-hydroxylation sites is 1. The molecule has 5 heteroatoms. The average Bonchev–Trinajstić information content (AvgIpc) is 2.97. The fourth-order valence-electron chi connectivity index (χ4n) is 3.32. The molecule has 1 aliphatic rings. The maximum Gasteiger partial charge on any atom is 0.244 e. The van der Waals surface area contributed by atoms with E-state index in [0.717, 1.165) is 17.9 Å². The fourth-order valence-corrected chi connectivity index (χ4v) is 3.45. The Morgan fingerprint density at radius 3 is 2.69 bits per heavy atom. The molecule has 0 saturated carbocycles. The van der Waals surface area contributed by atoms with E-state index >= 15 is 0 Å². The zero-order chi connectivity index (χ0) is 18.7. The van der Waals surface area contributed by atoms with Crippen LogP contribution in [0.3, 0.4) is 0 Å². The lowest BCUT2D eigenvalue weighted by molar-refractivity contribution is -0.123. The number of hydrogen-bond donors (Lipinski definition) is 0. The molecule has 2 aromatic carbocycles. The molecule has 1 heterocycles. The Morgan fingerprint density at radius 1 is 1.27 bits per heavy atom. The topological polar surface area (TPSA) is 32.8 Å². The minimum atomic E-state index is -0.211. The van der Waals surface area contributed by atoms with E-state index < -0.39 is 0 Å². The standard InChI is InChI=1S/C21H25ClN2O2/c1-15-14-17-6-4-5-7-20(17)24(15)21(25)16(2)23(3)12-13-26-19-10-8-18(22)9-11-19/h4-11,15-16H,12-14H2,1-3H3/t15-,16+/m0/s1. The summed E-state index contributed by atoms with van der Waals surface area (Å²) in [6.45, 7) is 5.24. The van der Waals surface area contributed by atoms with Crippen molar-refractivity contribution in [3.8, 4) is 5.75 Å². The van der Waals surface area contributed by atoms with Crippen LogP contribution in [-0.4, -0.2) is 43.1 Å². The van der Waals surface area contributed by atoms with E-state index in [0.29, 0.717) is 18.2 Å². The maximum atomic E-state index is 13.1. The number of carbonyl (C=O) groups is 1. The minimum Gasteiger partial charge on any atom is -0.492 e. The molecule has 0 N–H and O–H groups in total. The third-order valence-electron chi connectivity index (χ3n) is 4.99. The van der Waals surface area contributed by atoms with Gasteiger partial charge in [-0.15, -0.1) is 0 Å². The molecule has 0 radical (unpaired) electrons. The SMILES string of the molecule is C[C@H](C(=O)N1c2ccccc2C[C@@H]1C)N(C)CCOc1ccc(Cl)cc1. The molecule has 1 amide bonds. The Hall–Kier alpha value is -2.04. The molecule has 2 aromatic rings. The number of hydrogen-bond acceptors (Lipinski definition) is 3. The van der Waals surface area contributed by atoms with Crippen LogP contribution in [0, 0.1) is 0 Å². The van der Waals surface area contributed by atoms with E-state index in [4.69, 9.17) is 16.3 Å². The number of amides is 1. The second-order valence-electron chi connectivity index (χ2n) is 6.85. The highest BCUT2D eigenvalue weighted by Gasteiger charge is 2.34. The van der Waals surface area contributed by atoms with Gasteiger partial charge in [0.05, 0.1) is 6.04 Å². The van der Waals surface area contributed by atoms with Crippen molar-refractivity contribution in [2.75, 3.05) is 25.1 Å². The summed E-state index contributed by atoms with van der Waals surface area (Å²) < 4.78 is 5.74. The molecule has 0 fully saturated rings. The average molecular weight is 373 g/mol. The van der Waals surface area contributed by atoms with Gasteiger partial charge in [-0.05, 0) is 63.2 Å². The Morgan fingerprint density at radius 2 is 1.96 bits per heavy atom. The van der Waals surface area contributed by atoms with E-state index in [1.54, 1.807) is 12.1 Å². The zero-order valence-electron chi connectivity index (χ0n) is 15.5. The van der Waals surface area contributed by atoms with Crippen molar-refractivity contribution in [1.82, 2.24) is 4.90 Å². The third kappa shape index (κ3) is 4.02. The van der Waals surface area contributed by atoms with Gasteiger partial charge in [0, 0.05) is 23.3 Å². The van der Waals surface area contributed by atoms with Crippen LogP contribution < -0.4 is 9.64 Å². The van der Waals surface area contributed by atoms with Crippen LogP contribution in [0.5, 0.6) is 5.75 Å². The van der Waals surface area contributed by atoms with Crippen LogP contribution in [-0.2, 0) is 11.2 Å². The third-order valence-corrected chi connectivity index (χ3v) is 5.24. The van der Waals surface area contributed by atoms with Crippen LogP contribution in [0.15, 0.2) is 48.5 Å². The minimum absolute atomic E-state index is 0.136. The maximum absolute atomic E-state index is 13.1. The Labute approximate surface area is 160 Å². The monoisotopic (exact) mass is 372 g/mol. The molecule has 0 aliphatic carbocycles. The highest BCUT2D eigenvalue weighted by Crippen LogP contribution is 2.32. The summed E-state index contributed by atoms with van der Waals surface area (Å²) in [6, 6.07) is 15.4. The molecule has 4 nitrogen and oxygen atoms in total.